The lowest BCUT2D eigenvalue weighted by Crippen LogP contribution is -2.47. The minimum atomic E-state index is 0.0249. The summed E-state index contributed by atoms with van der Waals surface area (Å²) in [6.45, 7) is 4.74. The molecule has 0 radical (unpaired) electrons. The highest BCUT2D eigenvalue weighted by atomic mass is 16.5. The van der Waals surface area contributed by atoms with Gasteiger partial charge in [-0.25, -0.2) is 0 Å². The fourth-order valence-electron chi connectivity index (χ4n) is 3.18. The van der Waals surface area contributed by atoms with Gasteiger partial charge in [-0.2, -0.15) is 0 Å². The first-order chi connectivity index (χ1) is 8.63. The van der Waals surface area contributed by atoms with Crippen LogP contribution >= 0.6 is 0 Å². The van der Waals surface area contributed by atoms with Crippen molar-refractivity contribution in [3.05, 3.63) is 17.5 Å². The molecule has 0 aliphatic carbocycles. The van der Waals surface area contributed by atoms with Crippen LogP contribution in [0.2, 0.25) is 0 Å². The molecule has 3 saturated heterocycles. The highest BCUT2D eigenvalue weighted by Gasteiger charge is 2.37. The lowest BCUT2D eigenvalue weighted by Gasteiger charge is -2.35. The standard InChI is InChI=1S/C13H19N3O2/c1-9-5-12(14-18-9)13(17)16-7-10-3-4-11(16)8-15(2)6-10/h5,10-11H,3-4,6-8H2,1-2H3/t10-,11+/m1/s1. The van der Waals surface area contributed by atoms with Crippen LogP contribution in [0.1, 0.15) is 29.1 Å². The Labute approximate surface area is 107 Å². The SMILES string of the molecule is Cc1cc(C(=O)N2C[C@@H]3CC[C@H]2CN(C)C3)no1. The van der Waals surface area contributed by atoms with Crippen molar-refractivity contribution in [3.63, 3.8) is 0 Å². The van der Waals surface area contributed by atoms with E-state index in [2.05, 4.69) is 17.1 Å². The molecule has 3 aliphatic rings. The number of rotatable bonds is 1. The van der Waals surface area contributed by atoms with Crippen LogP contribution in [0.5, 0.6) is 0 Å². The van der Waals surface area contributed by atoms with Crippen molar-refractivity contribution < 1.29 is 9.32 Å². The van der Waals surface area contributed by atoms with Gasteiger partial charge in [0.1, 0.15) is 5.76 Å². The molecule has 0 aromatic carbocycles. The van der Waals surface area contributed by atoms with Crippen molar-refractivity contribution >= 4 is 5.91 Å². The summed E-state index contributed by atoms with van der Waals surface area (Å²) < 4.78 is 5.00. The maximum absolute atomic E-state index is 12.4. The van der Waals surface area contributed by atoms with E-state index in [9.17, 15) is 4.79 Å². The van der Waals surface area contributed by atoms with Crippen LogP contribution in [-0.4, -0.2) is 53.6 Å². The predicted octanol–water partition coefficient (Wildman–Crippen LogP) is 1.15. The number of aromatic nitrogens is 1. The number of carbonyl (C=O) groups excluding carboxylic acids is 1. The third kappa shape index (κ3) is 2.03. The third-order valence-electron chi connectivity index (χ3n) is 4.00. The molecule has 5 nitrogen and oxygen atoms in total. The van der Waals surface area contributed by atoms with Crippen LogP contribution in [0.4, 0.5) is 0 Å². The molecule has 2 atom stereocenters. The van der Waals surface area contributed by atoms with Gasteiger partial charge in [-0.1, -0.05) is 5.16 Å². The Bertz CT molecular complexity index is 457. The molecule has 0 N–H and O–H groups in total. The van der Waals surface area contributed by atoms with Gasteiger partial charge in [0, 0.05) is 31.7 Å². The van der Waals surface area contributed by atoms with Crippen molar-refractivity contribution in [1.29, 1.82) is 0 Å². The molecule has 1 aromatic heterocycles. The Morgan fingerprint density at radius 3 is 2.94 bits per heavy atom. The largest absolute Gasteiger partial charge is 0.361 e. The average molecular weight is 249 g/mol. The summed E-state index contributed by atoms with van der Waals surface area (Å²) in [6, 6.07) is 2.06. The van der Waals surface area contributed by atoms with E-state index >= 15 is 0 Å². The first-order valence-corrected chi connectivity index (χ1v) is 6.56. The summed E-state index contributed by atoms with van der Waals surface area (Å²) >= 11 is 0. The summed E-state index contributed by atoms with van der Waals surface area (Å²) in [4.78, 5) is 16.8. The molecule has 2 bridgehead atoms. The zero-order valence-electron chi connectivity index (χ0n) is 10.9. The van der Waals surface area contributed by atoms with E-state index in [0.717, 1.165) is 26.1 Å². The number of fused-ring (bicyclic) bond motifs is 4. The molecule has 4 rings (SSSR count). The second-order valence-electron chi connectivity index (χ2n) is 5.60. The lowest BCUT2D eigenvalue weighted by atomic mass is 9.95. The molecule has 0 spiro atoms. The van der Waals surface area contributed by atoms with Gasteiger partial charge < -0.3 is 14.3 Å². The molecule has 0 saturated carbocycles. The molecule has 5 heteroatoms. The Balaban J connectivity index is 1.82. The van der Waals surface area contributed by atoms with E-state index < -0.39 is 0 Å². The zero-order valence-corrected chi connectivity index (χ0v) is 10.9. The van der Waals surface area contributed by atoms with Gasteiger partial charge in [0.25, 0.3) is 5.91 Å². The molecular formula is C13H19N3O2. The molecule has 18 heavy (non-hydrogen) atoms. The maximum Gasteiger partial charge on any atom is 0.276 e. The maximum atomic E-state index is 12.4. The number of nitrogens with zero attached hydrogens (tertiary/aromatic N) is 3. The monoisotopic (exact) mass is 249 g/mol. The summed E-state index contributed by atoms with van der Waals surface area (Å²) in [7, 11) is 2.14. The van der Waals surface area contributed by atoms with Crippen LogP contribution in [0.25, 0.3) is 0 Å². The van der Waals surface area contributed by atoms with Crippen molar-refractivity contribution in [1.82, 2.24) is 15.0 Å². The smallest absolute Gasteiger partial charge is 0.276 e. The zero-order chi connectivity index (χ0) is 12.7. The van der Waals surface area contributed by atoms with Crippen molar-refractivity contribution in [2.24, 2.45) is 5.92 Å². The molecular weight excluding hydrogens is 230 g/mol. The van der Waals surface area contributed by atoms with Gasteiger partial charge in [0.2, 0.25) is 0 Å². The Kier molecular flexibility index (Phi) is 2.86. The quantitative estimate of drug-likeness (QED) is 0.749. The number of amides is 1. The molecule has 4 heterocycles. The van der Waals surface area contributed by atoms with Gasteiger partial charge in [-0.3, -0.25) is 4.79 Å². The number of likely N-dealkylation sites (N-methyl/N-ethyl adjacent to an activating group) is 1. The number of carbonyl (C=O) groups is 1. The highest BCUT2D eigenvalue weighted by molar-refractivity contribution is 5.92. The normalized spacial score (nSPS) is 28.4. The number of aryl methyl sites for hydroxylation is 1. The van der Waals surface area contributed by atoms with E-state index in [1.54, 1.807) is 6.07 Å². The van der Waals surface area contributed by atoms with Crippen molar-refractivity contribution in [2.45, 2.75) is 25.8 Å². The minimum absolute atomic E-state index is 0.0249. The van der Waals surface area contributed by atoms with E-state index in [4.69, 9.17) is 4.52 Å². The Hall–Kier alpha value is -1.36. The summed E-state index contributed by atoms with van der Waals surface area (Å²) in [5.74, 6) is 1.32. The molecule has 1 aromatic rings. The van der Waals surface area contributed by atoms with E-state index in [-0.39, 0.29) is 5.91 Å². The average Bonchev–Trinajstić information content (AvgIpc) is 2.60. The van der Waals surface area contributed by atoms with Gasteiger partial charge in [0.15, 0.2) is 5.69 Å². The summed E-state index contributed by atoms with van der Waals surface area (Å²) in [6.07, 6.45) is 2.34. The summed E-state index contributed by atoms with van der Waals surface area (Å²) in [5, 5.41) is 3.84. The van der Waals surface area contributed by atoms with Crippen molar-refractivity contribution in [3.8, 4) is 0 Å². The number of hydrogen-bond donors (Lipinski definition) is 0. The van der Waals surface area contributed by atoms with Crippen LogP contribution in [-0.2, 0) is 0 Å². The van der Waals surface area contributed by atoms with Crippen LogP contribution in [0, 0.1) is 12.8 Å². The number of piperidine rings is 1. The molecule has 98 valence electrons. The van der Waals surface area contributed by atoms with Crippen LogP contribution < -0.4 is 0 Å². The van der Waals surface area contributed by atoms with Crippen LogP contribution in [0.3, 0.4) is 0 Å². The first kappa shape index (κ1) is 11.7. The molecule has 1 amide bonds. The second kappa shape index (κ2) is 4.39. The molecule has 3 fully saturated rings. The van der Waals surface area contributed by atoms with E-state index in [1.165, 1.54) is 6.42 Å². The molecule has 0 unspecified atom stereocenters. The minimum Gasteiger partial charge on any atom is -0.361 e. The van der Waals surface area contributed by atoms with Gasteiger partial charge in [-0.15, -0.1) is 0 Å². The second-order valence-corrected chi connectivity index (χ2v) is 5.60. The van der Waals surface area contributed by atoms with Gasteiger partial charge >= 0.3 is 0 Å². The topological polar surface area (TPSA) is 49.6 Å². The first-order valence-electron chi connectivity index (χ1n) is 6.56. The Morgan fingerprint density at radius 1 is 1.39 bits per heavy atom. The fraction of sp³-hybridized carbons (Fsp3) is 0.692. The lowest BCUT2D eigenvalue weighted by molar-refractivity contribution is 0.0576. The number of hydrogen-bond acceptors (Lipinski definition) is 4. The van der Waals surface area contributed by atoms with Crippen LogP contribution in [0.15, 0.2) is 10.6 Å². The summed E-state index contributed by atoms with van der Waals surface area (Å²) in [5.41, 5.74) is 0.447. The predicted molar refractivity (Wildman–Crippen MR) is 66.3 cm³/mol. The Morgan fingerprint density at radius 2 is 2.22 bits per heavy atom. The van der Waals surface area contributed by atoms with Gasteiger partial charge in [0.05, 0.1) is 0 Å². The van der Waals surface area contributed by atoms with E-state index in [1.807, 2.05) is 11.8 Å². The fourth-order valence-corrected chi connectivity index (χ4v) is 3.18. The van der Waals surface area contributed by atoms with Crippen molar-refractivity contribution in [2.75, 3.05) is 26.7 Å². The van der Waals surface area contributed by atoms with E-state index in [0.29, 0.717) is 23.4 Å². The third-order valence-corrected chi connectivity index (χ3v) is 4.00. The highest BCUT2D eigenvalue weighted by Crippen LogP contribution is 2.28. The molecule has 3 aliphatic heterocycles. The van der Waals surface area contributed by atoms with Gasteiger partial charge in [-0.05, 0) is 32.7 Å².